The predicted octanol–water partition coefficient (Wildman–Crippen LogP) is 2.61. The van der Waals surface area contributed by atoms with Crippen LogP contribution in [0.1, 0.15) is 22.7 Å². The highest BCUT2D eigenvalue weighted by molar-refractivity contribution is 5.60. The predicted molar refractivity (Wildman–Crippen MR) is 95.6 cm³/mol. The average Bonchev–Trinajstić information content (AvgIpc) is 3.02. The molecule has 1 aliphatic heterocycles. The number of likely N-dealkylation sites (N-methyl/N-ethyl adjacent to an activating group) is 1. The second-order valence-electron chi connectivity index (χ2n) is 6.74. The zero-order valence-electron chi connectivity index (χ0n) is 14.3. The van der Waals surface area contributed by atoms with Gasteiger partial charge < -0.3 is 14.7 Å². The Kier molecular flexibility index (Phi) is 3.94. The molecular formula is C20H24N2O2. The lowest BCUT2D eigenvalue weighted by molar-refractivity contribution is 0.185. The molecule has 2 aromatic carbocycles. The summed E-state index contributed by atoms with van der Waals surface area (Å²) in [5.41, 5.74) is 4.93. The average molecular weight is 324 g/mol. The molecular weight excluding hydrogens is 300 g/mol. The first kappa shape index (κ1) is 15.5. The first-order valence-electron chi connectivity index (χ1n) is 8.55. The summed E-state index contributed by atoms with van der Waals surface area (Å²) < 4.78 is 5.32. The van der Waals surface area contributed by atoms with Crippen molar-refractivity contribution in [3.8, 4) is 5.75 Å². The minimum absolute atomic E-state index is 0.0257. The van der Waals surface area contributed by atoms with E-state index in [1.807, 2.05) is 12.1 Å². The molecule has 0 amide bonds. The number of piperazine rings is 1. The molecule has 4 nitrogen and oxygen atoms in total. The van der Waals surface area contributed by atoms with Gasteiger partial charge in [-0.25, -0.2) is 0 Å². The number of fused-ring (bicyclic) bond motifs is 3. The summed E-state index contributed by atoms with van der Waals surface area (Å²) in [7, 11) is 3.89. The van der Waals surface area contributed by atoms with Gasteiger partial charge in [0.25, 0.3) is 0 Å². The zero-order chi connectivity index (χ0) is 16.7. The summed E-state index contributed by atoms with van der Waals surface area (Å²) in [5.74, 6) is 0.792. The standard InChI is InChI=1S/C20H24N2O2/c1-21-9-10-22(18-8-7-16(24-2)11-15(18)13-23)20-17-6-4-3-5-14(17)12-19(20)21/h3-8,11,19-20,23H,9-10,12-13H2,1-2H3. The highest BCUT2D eigenvalue weighted by Gasteiger charge is 2.42. The van der Waals surface area contributed by atoms with Gasteiger partial charge in [0.05, 0.1) is 19.8 Å². The van der Waals surface area contributed by atoms with Crippen LogP contribution in [0, 0.1) is 0 Å². The van der Waals surface area contributed by atoms with E-state index in [1.165, 1.54) is 11.1 Å². The summed E-state index contributed by atoms with van der Waals surface area (Å²) in [6.07, 6.45) is 1.10. The van der Waals surface area contributed by atoms with Gasteiger partial charge in [0, 0.05) is 30.4 Å². The molecule has 4 heteroatoms. The fraction of sp³-hybridized carbons (Fsp3) is 0.400. The smallest absolute Gasteiger partial charge is 0.119 e. The highest BCUT2D eigenvalue weighted by Crippen LogP contribution is 2.43. The molecule has 1 N–H and O–H groups in total. The van der Waals surface area contributed by atoms with Gasteiger partial charge in [-0.3, -0.25) is 4.90 Å². The van der Waals surface area contributed by atoms with E-state index in [0.717, 1.165) is 36.5 Å². The van der Waals surface area contributed by atoms with Crippen molar-refractivity contribution < 1.29 is 9.84 Å². The van der Waals surface area contributed by atoms with Gasteiger partial charge >= 0.3 is 0 Å². The van der Waals surface area contributed by atoms with Crippen LogP contribution in [0.25, 0.3) is 0 Å². The molecule has 2 unspecified atom stereocenters. The molecule has 1 fully saturated rings. The summed E-state index contributed by atoms with van der Waals surface area (Å²) in [6, 6.07) is 15.6. The molecule has 4 rings (SSSR count). The molecule has 0 bridgehead atoms. The van der Waals surface area contributed by atoms with Crippen LogP contribution < -0.4 is 9.64 Å². The second-order valence-corrected chi connectivity index (χ2v) is 6.74. The van der Waals surface area contributed by atoms with Crippen molar-refractivity contribution in [1.82, 2.24) is 4.90 Å². The molecule has 1 saturated heterocycles. The van der Waals surface area contributed by atoms with Crippen LogP contribution in [0.15, 0.2) is 42.5 Å². The number of hydrogen-bond acceptors (Lipinski definition) is 4. The molecule has 0 aromatic heterocycles. The summed E-state index contributed by atoms with van der Waals surface area (Å²) in [5, 5.41) is 9.86. The third-order valence-corrected chi connectivity index (χ3v) is 5.53. The molecule has 1 aliphatic carbocycles. The van der Waals surface area contributed by atoms with Gasteiger partial charge in [0.15, 0.2) is 0 Å². The number of benzene rings is 2. The van der Waals surface area contributed by atoms with E-state index in [0.29, 0.717) is 12.1 Å². The van der Waals surface area contributed by atoms with Crippen molar-refractivity contribution in [2.24, 2.45) is 0 Å². The van der Waals surface area contributed by atoms with Gasteiger partial charge in [-0.2, -0.15) is 0 Å². The fourth-order valence-electron chi connectivity index (χ4n) is 4.26. The Balaban J connectivity index is 1.78. The maximum atomic E-state index is 9.86. The quantitative estimate of drug-likeness (QED) is 0.941. The SMILES string of the molecule is COc1ccc(N2CCN(C)C3Cc4ccccc4C32)c(CO)c1. The number of aliphatic hydroxyl groups excluding tert-OH is 1. The minimum Gasteiger partial charge on any atom is -0.497 e. The van der Waals surface area contributed by atoms with Crippen LogP contribution in [-0.4, -0.2) is 43.3 Å². The summed E-state index contributed by atoms with van der Waals surface area (Å²) in [4.78, 5) is 4.95. The molecule has 0 spiro atoms. The lowest BCUT2D eigenvalue weighted by Gasteiger charge is -2.45. The lowest BCUT2D eigenvalue weighted by atomic mass is 9.99. The molecule has 126 valence electrons. The highest BCUT2D eigenvalue weighted by atomic mass is 16.5. The number of rotatable bonds is 3. The Labute approximate surface area is 143 Å². The van der Waals surface area contributed by atoms with Gasteiger partial charge in [-0.15, -0.1) is 0 Å². The number of methoxy groups -OCH3 is 1. The molecule has 2 aliphatic rings. The number of hydrogen-bond donors (Lipinski definition) is 1. The van der Waals surface area contributed by atoms with E-state index in [2.05, 4.69) is 47.2 Å². The van der Waals surface area contributed by atoms with Crippen LogP contribution >= 0.6 is 0 Å². The van der Waals surface area contributed by atoms with E-state index in [1.54, 1.807) is 7.11 Å². The van der Waals surface area contributed by atoms with Gasteiger partial charge in [0.1, 0.15) is 5.75 Å². The molecule has 0 saturated carbocycles. The maximum Gasteiger partial charge on any atom is 0.119 e. The topological polar surface area (TPSA) is 35.9 Å². The Hall–Kier alpha value is -2.04. The Morgan fingerprint density at radius 2 is 2.00 bits per heavy atom. The van der Waals surface area contributed by atoms with E-state index in [-0.39, 0.29) is 6.61 Å². The maximum absolute atomic E-state index is 9.86. The van der Waals surface area contributed by atoms with Crippen molar-refractivity contribution in [3.63, 3.8) is 0 Å². The van der Waals surface area contributed by atoms with Crippen molar-refractivity contribution in [3.05, 3.63) is 59.2 Å². The number of anilines is 1. The largest absolute Gasteiger partial charge is 0.497 e. The molecule has 2 atom stereocenters. The van der Waals surface area contributed by atoms with E-state index < -0.39 is 0 Å². The van der Waals surface area contributed by atoms with Gasteiger partial charge in [-0.1, -0.05) is 24.3 Å². The zero-order valence-corrected chi connectivity index (χ0v) is 14.3. The minimum atomic E-state index is 0.0257. The first-order chi connectivity index (χ1) is 11.7. The molecule has 1 heterocycles. The van der Waals surface area contributed by atoms with Gasteiger partial charge in [0.2, 0.25) is 0 Å². The van der Waals surface area contributed by atoms with Crippen LogP contribution in [0.3, 0.4) is 0 Å². The normalized spacial score (nSPS) is 23.0. The summed E-state index contributed by atoms with van der Waals surface area (Å²) >= 11 is 0. The summed E-state index contributed by atoms with van der Waals surface area (Å²) in [6.45, 7) is 2.02. The number of aliphatic hydroxyl groups is 1. The van der Waals surface area contributed by atoms with E-state index in [4.69, 9.17) is 4.74 Å². The number of ether oxygens (including phenoxy) is 1. The van der Waals surface area contributed by atoms with E-state index >= 15 is 0 Å². The van der Waals surface area contributed by atoms with Crippen molar-refractivity contribution in [1.29, 1.82) is 0 Å². The van der Waals surface area contributed by atoms with E-state index in [9.17, 15) is 5.11 Å². The Morgan fingerprint density at radius 3 is 2.79 bits per heavy atom. The lowest BCUT2D eigenvalue weighted by Crippen LogP contribution is -2.52. The van der Waals surface area contributed by atoms with Gasteiger partial charge in [-0.05, 0) is 42.8 Å². The third-order valence-electron chi connectivity index (χ3n) is 5.53. The fourth-order valence-corrected chi connectivity index (χ4v) is 4.26. The Morgan fingerprint density at radius 1 is 1.17 bits per heavy atom. The van der Waals surface area contributed by atoms with Crippen molar-refractivity contribution in [2.75, 3.05) is 32.1 Å². The van der Waals surface area contributed by atoms with Crippen LogP contribution in [0.5, 0.6) is 5.75 Å². The van der Waals surface area contributed by atoms with Crippen LogP contribution in [-0.2, 0) is 13.0 Å². The molecule has 24 heavy (non-hydrogen) atoms. The van der Waals surface area contributed by atoms with Crippen molar-refractivity contribution in [2.45, 2.75) is 25.1 Å². The van der Waals surface area contributed by atoms with Crippen LogP contribution in [0.4, 0.5) is 5.69 Å². The monoisotopic (exact) mass is 324 g/mol. The van der Waals surface area contributed by atoms with Crippen LogP contribution in [0.2, 0.25) is 0 Å². The Bertz CT molecular complexity index is 746. The third kappa shape index (κ3) is 2.38. The van der Waals surface area contributed by atoms with Crippen molar-refractivity contribution >= 4 is 5.69 Å². The molecule has 2 aromatic rings. The number of nitrogens with zero attached hydrogens (tertiary/aromatic N) is 2. The second kappa shape index (κ2) is 6.11. The first-order valence-corrected chi connectivity index (χ1v) is 8.55. The molecule has 0 radical (unpaired) electrons.